The molecule has 0 saturated heterocycles. The summed E-state index contributed by atoms with van der Waals surface area (Å²) < 4.78 is 14.8. The first kappa shape index (κ1) is 17.1. The average molecular weight is 345 g/mol. The van der Waals surface area contributed by atoms with E-state index in [1.807, 2.05) is 13.8 Å². The number of halogens is 1. The molecule has 1 aliphatic rings. The van der Waals surface area contributed by atoms with E-state index in [4.69, 9.17) is 5.11 Å². The van der Waals surface area contributed by atoms with Crippen LogP contribution in [0.15, 0.2) is 24.3 Å². The van der Waals surface area contributed by atoms with Gasteiger partial charge in [-0.3, -0.25) is 9.59 Å². The van der Waals surface area contributed by atoms with E-state index in [9.17, 15) is 14.0 Å². The average Bonchev–Trinajstić information content (AvgIpc) is 3.32. The third-order valence-corrected chi connectivity index (χ3v) is 4.78. The van der Waals surface area contributed by atoms with Crippen LogP contribution in [0, 0.1) is 25.1 Å². The maximum atomic E-state index is 13.1. The van der Waals surface area contributed by atoms with Gasteiger partial charge in [-0.15, -0.1) is 0 Å². The Balaban J connectivity index is 1.71. The van der Waals surface area contributed by atoms with Gasteiger partial charge < -0.3 is 10.4 Å². The topological polar surface area (TPSA) is 84.2 Å². The van der Waals surface area contributed by atoms with Gasteiger partial charge in [0.15, 0.2) is 0 Å². The minimum absolute atomic E-state index is 0.133. The Kier molecular flexibility index (Phi) is 4.32. The van der Waals surface area contributed by atoms with Crippen molar-refractivity contribution in [2.45, 2.75) is 33.1 Å². The molecular formula is C18H20FN3O3. The monoisotopic (exact) mass is 345 g/mol. The highest BCUT2D eigenvalue weighted by Crippen LogP contribution is 2.45. The first-order valence-corrected chi connectivity index (χ1v) is 8.13. The van der Waals surface area contributed by atoms with E-state index >= 15 is 0 Å². The van der Waals surface area contributed by atoms with Crippen molar-refractivity contribution in [1.29, 1.82) is 0 Å². The molecule has 0 radical (unpaired) electrons. The van der Waals surface area contributed by atoms with Crippen LogP contribution in [0.2, 0.25) is 0 Å². The molecule has 6 nitrogen and oxygen atoms in total. The fourth-order valence-corrected chi connectivity index (χ4v) is 2.87. The minimum atomic E-state index is -0.857. The normalized spacial score (nSPS) is 15.0. The van der Waals surface area contributed by atoms with Crippen LogP contribution < -0.4 is 5.32 Å². The Labute approximate surface area is 144 Å². The number of carboxylic acid groups (broad SMARTS) is 1. The van der Waals surface area contributed by atoms with E-state index in [2.05, 4.69) is 10.4 Å². The zero-order valence-electron chi connectivity index (χ0n) is 14.2. The lowest BCUT2D eigenvalue weighted by molar-refractivity contribution is -0.143. The highest BCUT2D eigenvalue weighted by atomic mass is 19.1. The molecule has 25 heavy (non-hydrogen) atoms. The van der Waals surface area contributed by atoms with Crippen molar-refractivity contribution in [3.05, 3.63) is 47.0 Å². The lowest BCUT2D eigenvalue weighted by atomic mass is 10.1. The fourth-order valence-electron chi connectivity index (χ4n) is 2.87. The Bertz CT molecular complexity index is 823. The van der Waals surface area contributed by atoms with Crippen molar-refractivity contribution in [1.82, 2.24) is 15.1 Å². The quantitative estimate of drug-likeness (QED) is 0.840. The molecule has 1 fully saturated rings. The molecule has 0 atom stereocenters. The van der Waals surface area contributed by atoms with Crippen LogP contribution in [0.1, 0.15) is 29.8 Å². The lowest BCUT2D eigenvalue weighted by Crippen LogP contribution is -2.35. The van der Waals surface area contributed by atoms with Crippen LogP contribution in [-0.4, -0.2) is 33.3 Å². The summed E-state index contributed by atoms with van der Waals surface area (Å²) in [6.45, 7) is 3.83. The van der Waals surface area contributed by atoms with E-state index in [0.29, 0.717) is 12.8 Å². The molecule has 0 bridgehead atoms. The van der Waals surface area contributed by atoms with Crippen molar-refractivity contribution in [2.24, 2.45) is 5.41 Å². The first-order chi connectivity index (χ1) is 11.8. The highest BCUT2D eigenvalue weighted by molar-refractivity contribution is 5.82. The second-order valence-electron chi connectivity index (χ2n) is 6.58. The van der Waals surface area contributed by atoms with Crippen molar-refractivity contribution < 1.29 is 19.1 Å². The predicted molar refractivity (Wildman–Crippen MR) is 89.0 cm³/mol. The van der Waals surface area contributed by atoms with Crippen molar-refractivity contribution in [2.75, 3.05) is 6.54 Å². The van der Waals surface area contributed by atoms with Crippen LogP contribution >= 0.6 is 0 Å². The van der Waals surface area contributed by atoms with Gasteiger partial charge in [-0.05, 0) is 51.0 Å². The molecule has 1 aromatic carbocycles. The molecule has 1 aromatic heterocycles. The number of carbonyl (C=O) groups excluding carboxylic acids is 1. The molecule has 1 saturated carbocycles. The largest absolute Gasteiger partial charge is 0.481 e. The molecule has 2 aromatic rings. The van der Waals surface area contributed by atoms with Gasteiger partial charge >= 0.3 is 5.97 Å². The van der Waals surface area contributed by atoms with Gasteiger partial charge in [-0.25, -0.2) is 9.07 Å². The predicted octanol–water partition coefficient (Wildman–Crippen LogP) is 2.15. The van der Waals surface area contributed by atoms with Gasteiger partial charge in [-0.1, -0.05) is 0 Å². The van der Waals surface area contributed by atoms with Crippen LogP contribution in [0.3, 0.4) is 0 Å². The lowest BCUT2D eigenvalue weighted by Gasteiger charge is -2.11. The van der Waals surface area contributed by atoms with Gasteiger partial charge in [0, 0.05) is 17.8 Å². The van der Waals surface area contributed by atoms with Gasteiger partial charge in [0.2, 0.25) is 5.91 Å². The molecule has 3 rings (SSSR count). The van der Waals surface area contributed by atoms with E-state index < -0.39 is 11.4 Å². The number of benzene rings is 1. The van der Waals surface area contributed by atoms with E-state index in [-0.39, 0.29) is 24.7 Å². The Morgan fingerprint density at radius 1 is 1.28 bits per heavy atom. The summed E-state index contributed by atoms with van der Waals surface area (Å²) in [5.74, 6) is -1.40. The second kappa shape index (κ2) is 6.31. The molecular weight excluding hydrogens is 325 g/mol. The second-order valence-corrected chi connectivity index (χ2v) is 6.58. The number of carboxylic acids is 1. The van der Waals surface area contributed by atoms with Crippen LogP contribution in [0.5, 0.6) is 0 Å². The number of aliphatic carboxylic acids is 1. The van der Waals surface area contributed by atoms with Crippen molar-refractivity contribution in [3.8, 4) is 5.69 Å². The van der Waals surface area contributed by atoms with E-state index in [0.717, 1.165) is 22.6 Å². The standard InChI is InChI=1S/C18H20FN3O3/c1-11-15(9-16(23)20-10-18(7-8-18)17(24)25)12(2)22(21-11)14-5-3-13(19)4-6-14/h3-6H,7-10H2,1-2H3,(H,20,23)(H,24,25). The van der Waals surface area contributed by atoms with Crippen LogP contribution in [-0.2, 0) is 16.0 Å². The van der Waals surface area contributed by atoms with Crippen LogP contribution in [0.25, 0.3) is 5.69 Å². The minimum Gasteiger partial charge on any atom is -0.481 e. The van der Waals surface area contributed by atoms with E-state index in [1.165, 1.54) is 12.1 Å². The zero-order valence-corrected chi connectivity index (χ0v) is 14.2. The fraction of sp³-hybridized carbons (Fsp3) is 0.389. The summed E-state index contributed by atoms with van der Waals surface area (Å²) in [6, 6.07) is 5.98. The van der Waals surface area contributed by atoms with Crippen LogP contribution in [0.4, 0.5) is 4.39 Å². The number of aryl methyl sites for hydroxylation is 1. The smallest absolute Gasteiger partial charge is 0.311 e. The molecule has 1 amide bonds. The van der Waals surface area contributed by atoms with Gasteiger partial charge in [0.1, 0.15) is 5.82 Å². The molecule has 1 heterocycles. The summed E-state index contributed by atoms with van der Waals surface area (Å²) in [5, 5.41) is 16.3. The SMILES string of the molecule is Cc1nn(-c2ccc(F)cc2)c(C)c1CC(=O)NCC1(C(=O)O)CC1. The molecule has 7 heteroatoms. The Morgan fingerprint density at radius 3 is 2.48 bits per heavy atom. The number of amides is 1. The number of nitrogens with zero attached hydrogens (tertiary/aromatic N) is 2. The van der Waals surface area contributed by atoms with Crippen molar-refractivity contribution >= 4 is 11.9 Å². The summed E-state index contributed by atoms with van der Waals surface area (Å²) in [6.07, 6.45) is 1.33. The third-order valence-electron chi connectivity index (χ3n) is 4.78. The summed E-state index contributed by atoms with van der Waals surface area (Å²) in [4.78, 5) is 23.4. The number of rotatable bonds is 6. The number of hydrogen-bond donors (Lipinski definition) is 2. The maximum Gasteiger partial charge on any atom is 0.311 e. The Morgan fingerprint density at radius 2 is 1.92 bits per heavy atom. The van der Waals surface area contributed by atoms with E-state index in [1.54, 1.807) is 16.8 Å². The Hall–Kier alpha value is -2.70. The summed E-state index contributed by atoms with van der Waals surface area (Å²) >= 11 is 0. The van der Waals surface area contributed by atoms with Gasteiger partial charge in [-0.2, -0.15) is 5.10 Å². The molecule has 1 aliphatic carbocycles. The third kappa shape index (κ3) is 3.40. The maximum absolute atomic E-state index is 13.1. The molecule has 0 spiro atoms. The molecule has 2 N–H and O–H groups in total. The number of carbonyl (C=O) groups is 2. The molecule has 132 valence electrons. The van der Waals surface area contributed by atoms with Gasteiger partial charge in [0.05, 0.1) is 23.2 Å². The summed E-state index contributed by atoms with van der Waals surface area (Å²) in [5.41, 5.74) is 2.26. The zero-order chi connectivity index (χ0) is 18.2. The highest BCUT2D eigenvalue weighted by Gasteiger charge is 2.50. The molecule has 0 aliphatic heterocycles. The van der Waals surface area contributed by atoms with Gasteiger partial charge in [0.25, 0.3) is 0 Å². The number of hydrogen-bond acceptors (Lipinski definition) is 3. The van der Waals surface area contributed by atoms with Crippen molar-refractivity contribution in [3.63, 3.8) is 0 Å². The number of aromatic nitrogens is 2. The number of nitrogens with one attached hydrogen (secondary N) is 1. The molecule has 0 unspecified atom stereocenters. The summed E-state index contributed by atoms with van der Waals surface area (Å²) in [7, 11) is 0. The first-order valence-electron chi connectivity index (χ1n) is 8.13.